The van der Waals surface area contributed by atoms with E-state index in [-0.39, 0.29) is 5.82 Å². The number of ether oxygens (including phenoxy) is 1. The number of hydrogen-bond acceptors (Lipinski definition) is 4. The van der Waals surface area contributed by atoms with Crippen molar-refractivity contribution in [3.8, 4) is 5.75 Å². The smallest absolute Gasteiger partial charge is 0.148 e. The first-order valence-electron chi connectivity index (χ1n) is 5.59. The third-order valence-electron chi connectivity index (χ3n) is 2.63. The molecule has 0 bridgehead atoms. The lowest BCUT2D eigenvalue weighted by molar-refractivity contribution is 0.416. The van der Waals surface area contributed by atoms with Crippen LogP contribution >= 0.6 is 0 Å². The molecule has 0 aliphatic rings. The maximum Gasteiger partial charge on any atom is 0.148 e. The highest BCUT2D eigenvalue weighted by Crippen LogP contribution is 2.30. The van der Waals surface area contributed by atoms with Gasteiger partial charge in [0.25, 0.3) is 0 Å². The molecule has 3 N–H and O–H groups in total. The highest BCUT2D eigenvalue weighted by atomic mass is 19.1. The summed E-state index contributed by atoms with van der Waals surface area (Å²) in [5, 5.41) is 3.06. The van der Waals surface area contributed by atoms with Gasteiger partial charge in [0, 0.05) is 25.7 Å². The van der Waals surface area contributed by atoms with Crippen molar-refractivity contribution < 1.29 is 9.13 Å². The molecule has 1 rings (SSSR count). The van der Waals surface area contributed by atoms with Gasteiger partial charge >= 0.3 is 0 Å². The molecule has 1 aromatic rings. The van der Waals surface area contributed by atoms with Gasteiger partial charge in [0.15, 0.2) is 0 Å². The Kier molecular flexibility index (Phi) is 5.03. The Bertz CT molecular complexity index is 371. The number of benzene rings is 1. The molecule has 0 aliphatic carbocycles. The largest absolute Gasteiger partial charge is 0.495 e. The van der Waals surface area contributed by atoms with E-state index in [1.165, 1.54) is 13.2 Å². The van der Waals surface area contributed by atoms with Gasteiger partial charge in [-0.25, -0.2) is 4.39 Å². The van der Waals surface area contributed by atoms with Crippen LogP contribution in [0.4, 0.5) is 15.8 Å². The fraction of sp³-hybridized carbons (Fsp3) is 0.500. The van der Waals surface area contributed by atoms with E-state index in [9.17, 15) is 4.39 Å². The summed E-state index contributed by atoms with van der Waals surface area (Å²) >= 11 is 0. The topological polar surface area (TPSA) is 50.5 Å². The fourth-order valence-corrected chi connectivity index (χ4v) is 1.64. The van der Waals surface area contributed by atoms with Crippen LogP contribution < -0.4 is 20.7 Å². The quantitative estimate of drug-likeness (QED) is 0.585. The maximum atomic E-state index is 13.7. The average Bonchev–Trinajstić information content (AvgIpc) is 2.29. The second-order valence-corrected chi connectivity index (χ2v) is 3.92. The van der Waals surface area contributed by atoms with E-state index in [4.69, 9.17) is 10.5 Å². The van der Waals surface area contributed by atoms with Crippen molar-refractivity contribution >= 4 is 11.4 Å². The number of rotatable bonds is 6. The second kappa shape index (κ2) is 6.30. The van der Waals surface area contributed by atoms with Crippen molar-refractivity contribution in [3.05, 3.63) is 17.9 Å². The van der Waals surface area contributed by atoms with Crippen molar-refractivity contribution in [2.75, 3.05) is 44.9 Å². The van der Waals surface area contributed by atoms with Crippen LogP contribution in [0.1, 0.15) is 6.42 Å². The minimum atomic E-state index is -0.324. The monoisotopic (exact) mass is 241 g/mol. The van der Waals surface area contributed by atoms with E-state index in [0.29, 0.717) is 17.1 Å². The van der Waals surface area contributed by atoms with Crippen LogP contribution in [0.3, 0.4) is 0 Å². The Hall–Kier alpha value is -1.49. The van der Waals surface area contributed by atoms with Gasteiger partial charge in [-0.2, -0.15) is 0 Å². The molecule has 96 valence electrons. The zero-order valence-corrected chi connectivity index (χ0v) is 10.6. The van der Waals surface area contributed by atoms with Crippen molar-refractivity contribution in [2.45, 2.75) is 6.42 Å². The van der Waals surface area contributed by atoms with Gasteiger partial charge in [-0.3, -0.25) is 0 Å². The third-order valence-corrected chi connectivity index (χ3v) is 2.63. The number of methoxy groups -OCH3 is 1. The zero-order chi connectivity index (χ0) is 12.8. The highest BCUT2D eigenvalue weighted by molar-refractivity contribution is 5.63. The molecule has 0 atom stereocenters. The molecule has 1 aromatic carbocycles. The number of hydrogen-bond donors (Lipinski definition) is 2. The van der Waals surface area contributed by atoms with Gasteiger partial charge in [0.1, 0.15) is 11.6 Å². The van der Waals surface area contributed by atoms with Crippen molar-refractivity contribution in [1.82, 2.24) is 5.32 Å². The summed E-state index contributed by atoms with van der Waals surface area (Å²) in [5.74, 6) is 0.178. The molecule has 0 aromatic heterocycles. The Morgan fingerprint density at radius 2 is 2.18 bits per heavy atom. The number of nitrogen functional groups attached to an aromatic ring is 1. The molecule has 0 fully saturated rings. The van der Waals surface area contributed by atoms with Crippen LogP contribution in [0.2, 0.25) is 0 Å². The van der Waals surface area contributed by atoms with E-state index in [1.807, 2.05) is 19.0 Å². The van der Waals surface area contributed by atoms with Gasteiger partial charge in [0.2, 0.25) is 0 Å². The summed E-state index contributed by atoms with van der Waals surface area (Å²) in [6.07, 6.45) is 0.944. The summed E-state index contributed by atoms with van der Waals surface area (Å²) in [7, 11) is 5.27. The minimum absolute atomic E-state index is 0.317. The van der Waals surface area contributed by atoms with Gasteiger partial charge in [-0.05, 0) is 20.0 Å². The summed E-state index contributed by atoms with van der Waals surface area (Å²) < 4.78 is 18.8. The van der Waals surface area contributed by atoms with E-state index < -0.39 is 0 Å². The first-order valence-corrected chi connectivity index (χ1v) is 5.59. The third kappa shape index (κ3) is 3.49. The molecule has 0 unspecified atom stereocenters. The first-order chi connectivity index (χ1) is 8.10. The molecule has 4 nitrogen and oxygen atoms in total. The lowest BCUT2D eigenvalue weighted by atomic mass is 10.2. The highest BCUT2D eigenvalue weighted by Gasteiger charge is 2.11. The number of anilines is 2. The maximum absolute atomic E-state index is 13.7. The Morgan fingerprint density at radius 1 is 1.47 bits per heavy atom. The zero-order valence-electron chi connectivity index (χ0n) is 10.6. The van der Waals surface area contributed by atoms with E-state index in [0.717, 1.165) is 19.5 Å². The van der Waals surface area contributed by atoms with Gasteiger partial charge in [-0.15, -0.1) is 0 Å². The Morgan fingerprint density at radius 3 is 2.76 bits per heavy atom. The van der Waals surface area contributed by atoms with Gasteiger partial charge in [0.05, 0.1) is 18.5 Å². The van der Waals surface area contributed by atoms with E-state index in [1.54, 1.807) is 6.07 Å². The minimum Gasteiger partial charge on any atom is -0.495 e. The van der Waals surface area contributed by atoms with Gasteiger partial charge < -0.3 is 20.7 Å². The number of nitrogens with one attached hydrogen (secondary N) is 1. The first kappa shape index (κ1) is 13.6. The van der Waals surface area contributed by atoms with Crippen LogP contribution in [0, 0.1) is 5.82 Å². The average molecular weight is 241 g/mol. The molecule has 0 saturated heterocycles. The van der Waals surface area contributed by atoms with Crippen LogP contribution in [-0.4, -0.2) is 34.3 Å². The van der Waals surface area contributed by atoms with Crippen molar-refractivity contribution in [1.29, 1.82) is 0 Å². The summed E-state index contributed by atoms with van der Waals surface area (Å²) in [5.41, 5.74) is 6.45. The molecule has 0 spiro atoms. The summed E-state index contributed by atoms with van der Waals surface area (Å²) in [6.45, 7) is 1.67. The molecular formula is C12H20FN3O. The standard InChI is InChI=1S/C12H20FN3O/c1-15-5-4-6-16(2)11-8-12(17-3)10(14)7-9(11)13/h7-8,15H,4-6,14H2,1-3H3. The Labute approximate surface area is 102 Å². The molecule has 0 heterocycles. The lowest BCUT2D eigenvalue weighted by Gasteiger charge is -2.21. The van der Waals surface area contributed by atoms with Crippen LogP contribution in [0.5, 0.6) is 5.75 Å². The van der Waals surface area contributed by atoms with E-state index in [2.05, 4.69) is 5.32 Å². The van der Waals surface area contributed by atoms with E-state index >= 15 is 0 Å². The van der Waals surface area contributed by atoms with Crippen LogP contribution in [-0.2, 0) is 0 Å². The Balaban J connectivity index is 2.81. The molecule has 17 heavy (non-hydrogen) atoms. The predicted molar refractivity (Wildman–Crippen MR) is 69.2 cm³/mol. The fourth-order valence-electron chi connectivity index (χ4n) is 1.64. The SMILES string of the molecule is CNCCCN(C)c1cc(OC)c(N)cc1F. The molecular weight excluding hydrogens is 221 g/mol. The van der Waals surface area contributed by atoms with Gasteiger partial charge in [-0.1, -0.05) is 0 Å². The van der Waals surface area contributed by atoms with Crippen LogP contribution in [0.25, 0.3) is 0 Å². The molecule has 5 heteroatoms. The number of nitrogens with two attached hydrogens (primary N) is 1. The van der Waals surface area contributed by atoms with Crippen LogP contribution in [0.15, 0.2) is 12.1 Å². The molecule has 0 saturated carbocycles. The summed E-state index contributed by atoms with van der Waals surface area (Å²) in [4.78, 5) is 1.86. The summed E-state index contributed by atoms with van der Waals surface area (Å²) in [6, 6.07) is 2.92. The van der Waals surface area contributed by atoms with Crippen molar-refractivity contribution in [2.24, 2.45) is 0 Å². The molecule has 0 radical (unpaired) electrons. The number of nitrogens with zero attached hydrogens (tertiary/aromatic N) is 1. The molecule has 0 amide bonds. The molecule has 0 aliphatic heterocycles. The second-order valence-electron chi connectivity index (χ2n) is 3.92. The lowest BCUT2D eigenvalue weighted by Crippen LogP contribution is -2.23. The predicted octanol–water partition coefficient (Wildman–Crippen LogP) is 1.46. The number of halogens is 1. The normalized spacial score (nSPS) is 10.4. The van der Waals surface area contributed by atoms with Crippen molar-refractivity contribution in [3.63, 3.8) is 0 Å².